The van der Waals surface area contributed by atoms with Crippen LogP contribution in [0.25, 0.3) is 33.5 Å². The first-order valence-electron chi connectivity index (χ1n) is 12.6. The summed E-state index contributed by atoms with van der Waals surface area (Å²) in [5, 5.41) is 13.5. The van der Waals surface area contributed by atoms with Gasteiger partial charge in [-0.3, -0.25) is 4.79 Å². The highest BCUT2D eigenvalue weighted by Crippen LogP contribution is 2.36. The largest absolute Gasteiger partial charge is 0.507 e. The molecule has 3 aromatic carbocycles. The van der Waals surface area contributed by atoms with Crippen molar-refractivity contribution in [3.8, 4) is 45.6 Å². The fourth-order valence-corrected chi connectivity index (χ4v) is 4.60. The second-order valence-corrected chi connectivity index (χ2v) is 9.15. The summed E-state index contributed by atoms with van der Waals surface area (Å²) in [5.41, 5.74) is 4.00. The van der Waals surface area contributed by atoms with Crippen LogP contribution in [0.2, 0.25) is 0 Å². The van der Waals surface area contributed by atoms with Crippen molar-refractivity contribution in [3.63, 3.8) is 0 Å². The Morgan fingerprint density at radius 3 is 2.82 bits per heavy atom. The lowest BCUT2D eigenvalue weighted by atomic mass is 10.0. The lowest BCUT2D eigenvalue weighted by Crippen LogP contribution is -2.34. The lowest BCUT2D eigenvalue weighted by Gasteiger charge is -2.26. The first kappa shape index (κ1) is 24.3. The number of nitrogens with zero attached hydrogens (tertiary/aromatic N) is 2. The van der Waals surface area contributed by atoms with Crippen LogP contribution in [0.15, 0.2) is 79.0 Å². The third-order valence-corrected chi connectivity index (χ3v) is 6.59. The molecule has 1 atom stereocenters. The molecule has 9 heteroatoms. The number of carbonyl (C=O) groups is 1. The molecule has 0 radical (unpaired) electrons. The number of carbonyl (C=O) groups excluding carboxylic acids is 1. The molecule has 3 N–H and O–H groups in total. The number of hydrogen-bond acceptors (Lipinski definition) is 7. The van der Waals surface area contributed by atoms with Crippen molar-refractivity contribution in [2.24, 2.45) is 0 Å². The Labute approximate surface area is 224 Å². The predicted octanol–water partition coefficient (Wildman–Crippen LogP) is 4.97. The number of phenolic OH excluding ortho intramolecular Hbond substituents is 1. The summed E-state index contributed by atoms with van der Waals surface area (Å²) in [6, 6.07) is 21.8. The average Bonchev–Trinajstić information content (AvgIpc) is 3.40. The summed E-state index contributed by atoms with van der Waals surface area (Å²) >= 11 is 0. The molecule has 0 spiro atoms. The van der Waals surface area contributed by atoms with Crippen LogP contribution >= 0.6 is 0 Å². The number of aromatic hydroxyl groups is 1. The number of benzene rings is 3. The van der Waals surface area contributed by atoms with Crippen molar-refractivity contribution in [3.05, 3.63) is 84.6 Å². The van der Waals surface area contributed by atoms with Crippen LogP contribution in [0.1, 0.15) is 16.8 Å². The molecule has 2 aromatic heterocycles. The Morgan fingerprint density at radius 2 is 1.95 bits per heavy atom. The van der Waals surface area contributed by atoms with Crippen molar-refractivity contribution < 1.29 is 24.1 Å². The summed E-state index contributed by atoms with van der Waals surface area (Å²) in [4.78, 5) is 25.0. The van der Waals surface area contributed by atoms with Gasteiger partial charge in [-0.15, -0.1) is 0 Å². The number of rotatable bonds is 7. The van der Waals surface area contributed by atoms with E-state index in [0.717, 1.165) is 28.1 Å². The summed E-state index contributed by atoms with van der Waals surface area (Å²) in [5.74, 6) is 2.31. The van der Waals surface area contributed by atoms with Gasteiger partial charge in [-0.1, -0.05) is 18.2 Å². The number of amides is 1. The maximum Gasteiger partial charge on any atom is 0.251 e. The molecule has 0 saturated carbocycles. The van der Waals surface area contributed by atoms with Gasteiger partial charge in [0.1, 0.15) is 24.3 Å². The normalized spacial score (nSPS) is 14.2. The number of H-pyrrole nitrogens is 1. The van der Waals surface area contributed by atoms with Gasteiger partial charge < -0.3 is 29.6 Å². The zero-order valence-corrected chi connectivity index (χ0v) is 21.2. The number of aromatic nitrogens is 3. The molecular weight excluding hydrogens is 496 g/mol. The summed E-state index contributed by atoms with van der Waals surface area (Å²) in [6.45, 7) is 0.883. The summed E-state index contributed by atoms with van der Waals surface area (Å²) in [6.07, 6.45) is 2.15. The topological polar surface area (TPSA) is 119 Å². The van der Waals surface area contributed by atoms with E-state index in [-0.39, 0.29) is 17.8 Å². The quantitative estimate of drug-likeness (QED) is 0.276. The minimum absolute atomic E-state index is 0.0789. The van der Waals surface area contributed by atoms with E-state index in [4.69, 9.17) is 14.2 Å². The van der Waals surface area contributed by atoms with Gasteiger partial charge >= 0.3 is 0 Å². The van der Waals surface area contributed by atoms with E-state index in [9.17, 15) is 9.90 Å². The van der Waals surface area contributed by atoms with Crippen LogP contribution in [0.4, 0.5) is 0 Å². The molecule has 3 heterocycles. The fraction of sp³-hybridized carbons (Fsp3) is 0.167. The van der Waals surface area contributed by atoms with Crippen molar-refractivity contribution in [2.45, 2.75) is 12.5 Å². The number of imidazole rings is 1. The SMILES string of the molecule is COc1ncccc1-c1ccc(O)c(-c2nc3cc(C(=O)NCCC4COc5ccccc5O4)ccc3[nH]2)c1. The number of methoxy groups -OCH3 is 1. The zero-order valence-electron chi connectivity index (χ0n) is 21.2. The molecule has 1 aliphatic rings. The van der Waals surface area contributed by atoms with Crippen molar-refractivity contribution in [1.82, 2.24) is 20.3 Å². The molecule has 0 fully saturated rings. The number of pyridine rings is 1. The van der Waals surface area contributed by atoms with E-state index >= 15 is 0 Å². The molecule has 0 aliphatic carbocycles. The van der Waals surface area contributed by atoms with Crippen molar-refractivity contribution in [1.29, 1.82) is 0 Å². The molecule has 1 amide bonds. The molecule has 196 valence electrons. The zero-order chi connectivity index (χ0) is 26.8. The van der Waals surface area contributed by atoms with Gasteiger partial charge in [0.2, 0.25) is 5.88 Å². The number of hydrogen-bond donors (Lipinski definition) is 3. The van der Waals surface area contributed by atoms with Crippen molar-refractivity contribution in [2.75, 3.05) is 20.3 Å². The third-order valence-electron chi connectivity index (χ3n) is 6.59. The van der Waals surface area contributed by atoms with Gasteiger partial charge in [0.05, 0.1) is 23.7 Å². The highest BCUT2D eigenvalue weighted by atomic mass is 16.6. The van der Waals surface area contributed by atoms with Crippen LogP contribution in [0, 0.1) is 0 Å². The van der Waals surface area contributed by atoms with Gasteiger partial charge in [0.25, 0.3) is 5.91 Å². The summed E-state index contributed by atoms with van der Waals surface area (Å²) in [7, 11) is 1.57. The van der Waals surface area contributed by atoms with Gasteiger partial charge in [0.15, 0.2) is 11.5 Å². The first-order valence-corrected chi connectivity index (χ1v) is 12.6. The van der Waals surface area contributed by atoms with E-state index in [1.165, 1.54) is 0 Å². The van der Waals surface area contributed by atoms with Gasteiger partial charge in [0, 0.05) is 30.3 Å². The van der Waals surface area contributed by atoms with Crippen LogP contribution in [0.5, 0.6) is 23.1 Å². The van der Waals surface area contributed by atoms with Crippen molar-refractivity contribution >= 4 is 16.9 Å². The molecule has 6 rings (SSSR count). The molecule has 0 bridgehead atoms. The van der Waals surface area contributed by atoms with Crippen LogP contribution in [-0.4, -0.2) is 52.3 Å². The standard InChI is InChI=1S/C30H26N4O5/c1-37-30-21(5-4-13-32-30)18-9-11-25(35)22(15-18)28-33-23-10-8-19(16-24(23)34-28)29(36)31-14-12-20-17-38-26-6-2-3-7-27(26)39-20/h2-11,13,15-16,20,35H,12,14,17H2,1H3,(H,31,36)(H,33,34). The highest BCUT2D eigenvalue weighted by molar-refractivity contribution is 5.97. The minimum Gasteiger partial charge on any atom is -0.507 e. The number of aromatic amines is 1. The van der Waals surface area contributed by atoms with Crippen LogP contribution < -0.4 is 19.5 Å². The second-order valence-electron chi connectivity index (χ2n) is 9.15. The van der Waals surface area contributed by atoms with Crippen LogP contribution in [0.3, 0.4) is 0 Å². The number of fused-ring (bicyclic) bond motifs is 2. The van der Waals surface area contributed by atoms with Gasteiger partial charge in [-0.05, 0) is 60.2 Å². The average molecular weight is 523 g/mol. The highest BCUT2D eigenvalue weighted by Gasteiger charge is 2.21. The van der Waals surface area contributed by atoms with E-state index < -0.39 is 0 Å². The fourth-order valence-electron chi connectivity index (χ4n) is 4.60. The smallest absolute Gasteiger partial charge is 0.251 e. The Hall–Kier alpha value is -5.05. The molecule has 1 aliphatic heterocycles. The molecule has 5 aromatic rings. The van der Waals surface area contributed by atoms with E-state index in [1.54, 1.807) is 43.6 Å². The molecule has 1 unspecified atom stereocenters. The monoisotopic (exact) mass is 522 g/mol. The maximum atomic E-state index is 12.8. The summed E-state index contributed by atoms with van der Waals surface area (Å²) < 4.78 is 17.1. The van der Waals surface area contributed by atoms with Crippen LogP contribution in [-0.2, 0) is 0 Å². The minimum atomic E-state index is -0.202. The van der Waals surface area contributed by atoms with E-state index in [1.807, 2.05) is 42.5 Å². The molecule has 39 heavy (non-hydrogen) atoms. The third kappa shape index (κ3) is 4.94. The molecular formula is C30H26N4O5. The van der Waals surface area contributed by atoms with Gasteiger partial charge in [-0.2, -0.15) is 0 Å². The number of para-hydroxylation sites is 2. The Balaban J connectivity index is 1.16. The number of ether oxygens (including phenoxy) is 3. The maximum absolute atomic E-state index is 12.8. The number of nitrogens with one attached hydrogen (secondary N) is 2. The van der Waals surface area contributed by atoms with E-state index in [0.29, 0.717) is 47.9 Å². The molecule has 0 saturated heterocycles. The van der Waals surface area contributed by atoms with E-state index in [2.05, 4.69) is 20.3 Å². The predicted molar refractivity (Wildman–Crippen MR) is 146 cm³/mol. The number of phenols is 1. The Morgan fingerprint density at radius 1 is 1.08 bits per heavy atom. The first-order chi connectivity index (χ1) is 19.1. The Bertz CT molecular complexity index is 1660. The molecule has 9 nitrogen and oxygen atoms in total. The Kier molecular flexibility index (Phi) is 6.46. The lowest BCUT2D eigenvalue weighted by molar-refractivity contribution is 0.0813. The van der Waals surface area contributed by atoms with Gasteiger partial charge in [-0.25, -0.2) is 9.97 Å². The second kappa shape index (κ2) is 10.4.